The van der Waals surface area contributed by atoms with Crippen molar-refractivity contribution in [2.45, 2.75) is 39.2 Å². The molecule has 1 aliphatic rings. The number of isocyanates is 1. The van der Waals surface area contributed by atoms with Gasteiger partial charge in [0.15, 0.2) is 0 Å². The lowest BCUT2D eigenvalue weighted by Gasteiger charge is -2.32. The highest BCUT2D eigenvalue weighted by atomic mass is 16.1. The minimum atomic E-state index is 0.190. The molecule has 3 atom stereocenters. The van der Waals surface area contributed by atoms with Gasteiger partial charge < -0.3 is 0 Å². The Hall–Kier alpha value is -0.880. The Balaban J connectivity index is 2.62. The maximum Gasteiger partial charge on any atom is 0.235 e. The van der Waals surface area contributed by atoms with E-state index in [1.165, 1.54) is 5.57 Å². The second-order valence-electron chi connectivity index (χ2n) is 4.12. The van der Waals surface area contributed by atoms with Gasteiger partial charge in [-0.2, -0.15) is 0 Å². The zero-order chi connectivity index (χ0) is 9.84. The van der Waals surface area contributed by atoms with Crippen LogP contribution in [0.25, 0.3) is 0 Å². The summed E-state index contributed by atoms with van der Waals surface area (Å²) in [4.78, 5) is 13.9. The molecule has 0 amide bonds. The largest absolute Gasteiger partial charge is 0.235 e. The standard InChI is InChI=1S/C11H17NO/c1-8(2)11-6-10(12-7-13)5-4-9(11)3/h9-11H,1,4-6H2,2-3H3. The number of rotatable bonds is 2. The first-order valence-corrected chi connectivity index (χ1v) is 4.87. The van der Waals surface area contributed by atoms with Gasteiger partial charge in [-0.1, -0.05) is 19.1 Å². The van der Waals surface area contributed by atoms with E-state index < -0.39 is 0 Å². The Bertz CT molecular complexity index is 240. The van der Waals surface area contributed by atoms with Crippen LogP contribution in [0.3, 0.4) is 0 Å². The Morgan fingerprint density at radius 3 is 2.77 bits per heavy atom. The van der Waals surface area contributed by atoms with Gasteiger partial charge in [0.05, 0.1) is 6.04 Å². The quantitative estimate of drug-likeness (QED) is 0.364. The lowest BCUT2D eigenvalue weighted by Crippen LogP contribution is -2.25. The van der Waals surface area contributed by atoms with Crippen LogP contribution in [0.5, 0.6) is 0 Å². The summed E-state index contributed by atoms with van der Waals surface area (Å²) in [5, 5.41) is 0. The Morgan fingerprint density at radius 1 is 1.54 bits per heavy atom. The molecule has 0 bridgehead atoms. The predicted molar refractivity (Wildman–Crippen MR) is 53.2 cm³/mol. The van der Waals surface area contributed by atoms with E-state index in [-0.39, 0.29) is 6.04 Å². The van der Waals surface area contributed by atoms with E-state index in [0.717, 1.165) is 19.3 Å². The average molecular weight is 179 g/mol. The number of hydrogen-bond donors (Lipinski definition) is 0. The van der Waals surface area contributed by atoms with Crippen molar-refractivity contribution in [2.24, 2.45) is 16.8 Å². The van der Waals surface area contributed by atoms with E-state index in [2.05, 4.69) is 25.4 Å². The van der Waals surface area contributed by atoms with E-state index in [0.29, 0.717) is 11.8 Å². The van der Waals surface area contributed by atoms with Crippen molar-refractivity contribution in [1.29, 1.82) is 0 Å². The summed E-state index contributed by atoms with van der Waals surface area (Å²) in [7, 11) is 0. The summed E-state index contributed by atoms with van der Waals surface area (Å²) in [6, 6.07) is 0.190. The summed E-state index contributed by atoms with van der Waals surface area (Å²) in [5.41, 5.74) is 1.22. The molecule has 0 aromatic heterocycles. The van der Waals surface area contributed by atoms with Gasteiger partial charge in [0.25, 0.3) is 0 Å². The molecule has 0 aliphatic heterocycles. The first kappa shape index (κ1) is 10.2. The molecule has 13 heavy (non-hydrogen) atoms. The van der Waals surface area contributed by atoms with Crippen molar-refractivity contribution < 1.29 is 4.79 Å². The summed E-state index contributed by atoms with van der Waals surface area (Å²) >= 11 is 0. The van der Waals surface area contributed by atoms with E-state index in [1.54, 1.807) is 6.08 Å². The maximum atomic E-state index is 10.1. The molecular weight excluding hydrogens is 162 g/mol. The second-order valence-corrected chi connectivity index (χ2v) is 4.12. The first-order valence-electron chi connectivity index (χ1n) is 4.87. The smallest absolute Gasteiger partial charge is 0.211 e. The van der Waals surface area contributed by atoms with Gasteiger partial charge in [0, 0.05) is 0 Å². The minimum Gasteiger partial charge on any atom is -0.211 e. The molecule has 0 aromatic carbocycles. The fourth-order valence-corrected chi connectivity index (χ4v) is 2.18. The van der Waals surface area contributed by atoms with Crippen molar-refractivity contribution in [3.05, 3.63) is 12.2 Å². The molecule has 2 heteroatoms. The van der Waals surface area contributed by atoms with Crippen LogP contribution < -0.4 is 0 Å². The summed E-state index contributed by atoms with van der Waals surface area (Å²) in [5.74, 6) is 1.23. The Morgan fingerprint density at radius 2 is 2.23 bits per heavy atom. The van der Waals surface area contributed by atoms with Crippen LogP contribution in [-0.4, -0.2) is 12.1 Å². The second kappa shape index (κ2) is 4.38. The van der Waals surface area contributed by atoms with E-state index >= 15 is 0 Å². The number of allylic oxidation sites excluding steroid dienone is 1. The molecule has 3 unspecified atom stereocenters. The van der Waals surface area contributed by atoms with Crippen molar-refractivity contribution >= 4 is 6.08 Å². The molecule has 72 valence electrons. The van der Waals surface area contributed by atoms with E-state index in [1.807, 2.05) is 0 Å². The zero-order valence-corrected chi connectivity index (χ0v) is 8.42. The first-order chi connectivity index (χ1) is 6.15. The highest BCUT2D eigenvalue weighted by molar-refractivity contribution is 5.33. The van der Waals surface area contributed by atoms with Crippen LogP contribution in [-0.2, 0) is 4.79 Å². The molecule has 0 spiro atoms. The van der Waals surface area contributed by atoms with Gasteiger partial charge in [-0.15, -0.1) is 0 Å². The van der Waals surface area contributed by atoms with Gasteiger partial charge >= 0.3 is 0 Å². The molecule has 1 aliphatic carbocycles. The van der Waals surface area contributed by atoms with Crippen LogP contribution in [0.4, 0.5) is 0 Å². The van der Waals surface area contributed by atoms with Crippen molar-refractivity contribution in [1.82, 2.24) is 0 Å². The molecule has 2 nitrogen and oxygen atoms in total. The fraction of sp³-hybridized carbons (Fsp3) is 0.727. The molecule has 0 saturated heterocycles. The SMILES string of the molecule is C=C(C)C1CC(N=C=O)CCC1C. The van der Waals surface area contributed by atoms with Gasteiger partial charge in [-0.25, -0.2) is 9.79 Å². The van der Waals surface area contributed by atoms with Gasteiger partial charge in [-0.3, -0.25) is 0 Å². The third kappa shape index (κ3) is 2.53. The lowest BCUT2D eigenvalue weighted by atomic mass is 9.75. The fourth-order valence-electron chi connectivity index (χ4n) is 2.18. The van der Waals surface area contributed by atoms with Gasteiger partial charge in [0.1, 0.15) is 0 Å². The van der Waals surface area contributed by atoms with Crippen LogP contribution in [0.1, 0.15) is 33.1 Å². The van der Waals surface area contributed by atoms with Crippen molar-refractivity contribution in [2.75, 3.05) is 0 Å². The molecule has 0 radical (unpaired) electrons. The normalized spacial score (nSPS) is 33.5. The van der Waals surface area contributed by atoms with E-state index in [9.17, 15) is 4.79 Å². The molecule has 0 aromatic rings. The highest BCUT2D eigenvalue weighted by Gasteiger charge is 2.27. The number of nitrogens with zero attached hydrogens (tertiary/aromatic N) is 1. The molecule has 0 N–H and O–H groups in total. The van der Waals surface area contributed by atoms with Crippen LogP contribution in [0.2, 0.25) is 0 Å². The average Bonchev–Trinajstić information content (AvgIpc) is 2.08. The third-order valence-corrected chi connectivity index (χ3v) is 3.04. The topological polar surface area (TPSA) is 29.4 Å². The van der Waals surface area contributed by atoms with E-state index in [4.69, 9.17) is 0 Å². The summed E-state index contributed by atoms with van der Waals surface area (Å²) in [6.07, 6.45) is 4.81. The number of hydrogen-bond acceptors (Lipinski definition) is 2. The molecule has 0 heterocycles. The predicted octanol–water partition coefficient (Wildman–Crippen LogP) is 2.70. The number of carbonyl (C=O) groups excluding carboxylic acids is 1. The molecular formula is C11H17NO. The molecule has 1 saturated carbocycles. The van der Waals surface area contributed by atoms with Crippen molar-refractivity contribution in [3.63, 3.8) is 0 Å². The number of aliphatic imine (C=N–C) groups is 1. The van der Waals surface area contributed by atoms with Crippen LogP contribution in [0, 0.1) is 11.8 Å². The Kier molecular flexibility index (Phi) is 3.44. The molecule has 1 fully saturated rings. The molecule has 1 rings (SSSR count). The highest BCUT2D eigenvalue weighted by Crippen LogP contribution is 2.35. The van der Waals surface area contributed by atoms with Crippen LogP contribution in [0.15, 0.2) is 17.1 Å². The lowest BCUT2D eigenvalue weighted by molar-refractivity contribution is 0.267. The maximum absolute atomic E-state index is 10.1. The third-order valence-electron chi connectivity index (χ3n) is 3.04. The van der Waals surface area contributed by atoms with Gasteiger partial charge in [-0.05, 0) is 38.0 Å². The summed E-state index contributed by atoms with van der Waals surface area (Å²) < 4.78 is 0. The zero-order valence-electron chi connectivity index (χ0n) is 8.42. The van der Waals surface area contributed by atoms with Crippen molar-refractivity contribution in [3.8, 4) is 0 Å². The summed E-state index contributed by atoms with van der Waals surface area (Å²) in [6.45, 7) is 8.30. The minimum absolute atomic E-state index is 0.190. The monoisotopic (exact) mass is 179 g/mol. The van der Waals surface area contributed by atoms with Crippen LogP contribution >= 0.6 is 0 Å². The van der Waals surface area contributed by atoms with Gasteiger partial charge in [0.2, 0.25) is 6.08 Å². The Labute approximate surface area is 79.8 Å².